The fourth-order valence-corrected chi connectivity index (χ4v) is 5.13. The lowest BCUT2D eigenvalue weighted by Gasteiger charge is -2.16. The first kappa shape index (κ1) is 46.5. The Kier molecular flexibility index (Phi) is 22.0. The molecule has 0 saturated heterocycles. The van der Waals surface area contributed by atoms with Gasteiger partial charge >= 0.3 is 0 Å². The molecule has 280 valence electrons. The Labute approximate surface area is 310 Å². The Morgan fingerprint density at radius 1 is 0.942 bits per heavy atom. The number of rotatable bonds is 8. The van der Waals surface area contributed by atoms with Gasteiger partial charge in [0.2, 0.25) is 10.0 Å². The largest absolute Gasteiger partial charge is 0.399 e. The van der Waals surface area contributed by atoms with E-state index < -0.39 is 14.9 Å². The number of amides is 1. The highest BCUT2D eigenvalue weighted by atomic mass is 32.2. The second-order valence-electron chi connectivity index (χ2n) is 11.1. The maximum atomic E-state index is 12.9. The molecule has 0 radical (unpaired) electrons. The average Bonchev–Trinajstić information content (AvgIpc) is 3.11. The zero-order chi connectivity index (χ0) is 39.9. The van der Waals surface area contributed by atoms with Crippen LogP contribution in [0.25, 0.3) is 16.8 Å². The van der Waals surface area contributed by atoms with Crippen LogP contribution in [0, 0.1) is 17.0 Å². The third-order valence-corrected chi connectivity index (χ3v) is 7.96. The molecule has 10 nitrogen and oxygen atoms in total. The number of carbonyl (C=O) groups is 1. The van der Waals surface area contributed by atoms with E-state index in [2.05, 4.69) is 25.7 Å². The minimum absolute atomic E-state index is 0.0573. The van der Waals surface area contributed by atoms with Gasteiger partial charge in [-0.15, -0.1) is 0 Å². The van der Waals surface area contributed by atoms with E-state index in [4.69, 9.17) is 26.7 Å². The lowest BCUT2D eigenvalue weighted by Crippen LogP contribution is -2.15. The van der Waals surface area contributed by atoms with Crippen LogP contribution in [-0.4, -0.2) is 26.3 Å². The lowest BCUT2D eigenvalue weighted by molar-refractivity contribution is -0.445. The van der Waals surface area contributed by atoms with Gasteiger partial charge < -0.3 is 16.8 Å². The molecular weight excluding hydrogens is 675 g/mol. The first-order valence-corrected chi connectivity index (χ1v) is 18.4. The molecule has 0 bridgehead atoms. The number of hydrogen-bond donors (Lipinski definition) is 4. The van der Waals surface area contributed by atoms with Crippen molar-refractivity contribution in [2.24, 2.45) is 10.9 Å². The number of allylic oxidation sites excluding steroid dienone is 4. The number of hydrogen-bond acceptors (Lipinski definition) is 7. The van der Waals surface area contributed by atoms with E-state index in [1.54, 1.807) is 54.6 Å². The van der Waals surface area contributed by atoms with E-state index in [1.807, 2.05) is 89.3 Å². The molecule has 4 aromatic rings. The van der Waals surface area contributed by atoms with Crippen LogP contribution in [0.4, 0.5) is 11.4 Å². The Bertz CT molecular complexity index is 1870. The van der Waals surface area contributed by atoms with E-state index in [9.17, 15) is 13.2 Å². The number of primary sulfonamides is 1. The number of nitrogens with one attached hydrogen (secondary N) is 1. The molecule has 0 spiro atoms. The summed E-state index contributed by atoms with van der Waals surface area (Å²) in [6, 6.07) is 26.8. The topological polar surface area (TPSA) is 184 Å². The first-order chi connectivity index (χ1) is 24.5. The van der Waals surface area contributed by atoms with Crippen LogP contribution < -0.4 is 21.9 Å². The Hall–Kier alpha value is -5.52. The molecule has 0 aliphatic rings. The standard InChI is InChI=1S/C23H25N3O3S.C9H11N.C6H10.C2H6.CH3NO2/c1-3-15(2)21-14-17(24)10-13-20(21)23(27)26-18-11-8-16(9-12-18)19-6-4-5-7-22(19)30(25,28)29;1-7-4-3-5-9(6-7)8(2)10;1-3-5-6-4-2;1-2;1-2(3)4/h4-15H,3,24H2,1-2H3,(H,26,27)(H2,25,28,29);3-6H,2,10H2,1H3;3-6H,1-2H3;1-2H3;1H3/b;;5-3-,6-4-;;. The summed E-state index contributed by atoms with van der Waals surface area (Å²) in [5.74, 6) is -0.0191. The molecule has 0 aliphatic heterocycles. The summed E-state index contributed by atoms with van der Waals surface area (Å²) in [5.41, 5.74) is 18.2. The minimum Gasteiger partial charge on any atom is -0.399 e. The van der Waals surface area contributed by atoms with Crippen LogP contribution in [0.1, 0.15) is 80.9 Å². The number of benzene rings is 4. The van der Waals surface area contributed by atoms with Crippen LogP contribution >= 0.6 is 0 Å². The van der Waals surface area contributed by atoms with Gasteiger partial charge in [0.1, 0.15) is 0 Å². The Morgan fingerprint density at radius 3 is 1.96 bits per heavy atom. The molecule has 1 atom stereocenters. The van der Waals surface area contributed by atoms with Crippen molar-refractivity contribution < 1.29 is 18.1 Å². The lowest BCUT2D eigenvalue weighted by atomic mass is 9.92. The minimum atomic E-state index is -3.85. The zero-order valence-electron chi connectivity index (χ0n) is 31.6. The molecule has 0 fully saturated rings. The summed E-state index contributed by atoms with van der Waals surface area (Å²) < 4.78 is 23.7. The number of nitrogens with zero attached hydrogens (tertiary/aromatic N) is 1. The predicted molar refractivity (Wildman–Crippen MR) is 219 cm³/mol. The van der Waals surface area contributed by atoms with Gasteiger partial charge in [-0.25, -0.2) is 13.6 Å². The van der Waals surface area contributed by atoms with E-state index in [0.717, 1.165) is 24.6 Å². The fraction of sp³-hybridized carbons (Fsp3) is 0.244. The van der Waals surface area contributed by atoms with Gasteiger partial charge in [-0.2, -0.15) is 0 Å². The number of nitrogens with two attached hydrogens (primary N) is 3. The van der Waals surface area contributed by atoms with Crippen molar-refractivity contribution in [3.05, 3.63) is 154 Å². The summed E-state index contributed by atoms with van der Waals surface area (Å²) in [4.78, 5) is 21.2. The van der Waals surface area contributed by atoms with E-state index in [1.165, 1.54) is 11.6 Å². The summed E-state index contributed by atoms with van der Waals surface area (Å²) in [7, 11) is -2.96. The van der Waals surface area contributed by atoms with Crippen molar-refractivity contribution in [3.63, 3.8) is 0 Å². The van der Waals surface area contributed by atoms with Crippen molar-refractivity contribution in [3.8, 4) is 11.1 Å². The molecule has 0 heterocycles. The molecule has 0 aromatic heterocycles. The summed E-state index contributed by atoms with van der Waals surface area (Å²) >= 11 is 0. The monoisotopic (exact) mass is 729 g/mol. The van der Waals surface area contributed by atoms with Gasteiger partial charge in [0.25, 0.3) is 5.91 Å². The van der Waals surface area contributed by atoms with Crippen molar-refractivity contribution in [2.75, 3.05) is 18.1 Å². The summed E-state index contributed by atoms with van der Waals surface area (Å²) in [6.07, 6.45) is 8.89. The van der Waals surface area contributed by atoms with Gasteiger partial charge in [-0.05, 0) is 92.3 Å². The molecule has 4 rings (SSSR count). The van der Waals surface area contributed by atoms with E-state index >= 15 is 0 Å². The van der Waals surface area contributed by atoms with Gasteiger partial charge in [-0.3, -0.25) is 14.9 Å². The van der Waals surface area contributed by atoms with Crippen LogP contribution in [0.3, 0.4) is 0 Å². The van der Waals surface area contributed by atoms with Gasteiger partial charge in [0.05, 0.1) is 4.90 Å². The zero-order valence-corrected chi connectivity index (χ0v) is 32.4. The Balaban J connectivity index is 0.000000961. The highest BCUT2D eigenvalue weighted by molar-refractivity contribution is 7.89. The number of nitro groups is 1. The SMILES string of the molecule is C/C=C\C=C/C.C=C(N)c1cccc(C)c1.CC.CCC(C)c1cc(N)ccc1C(=O)Nc1ccc(-c2ccccc2S(N)(=O)=O)cc1.C[N+](=O)[O-]. The van der Waals surface area contributed by atoms with Crippen LogP contribution in [0.5, 0.6) is 0 Å². The molecule has 4 aromatic carbocycles. The van der Waals surface area contributed by atoms with Crippen LogP contribution in [0.15, 0.2) is 127 Å². The normalized spacial score (nSPS) is 10.9. The molecule has 0 saturated carbocycles. The maximum Gasteiger partial charge on any atom is 0.255 e. The number of anilines is 2. The molecule has 1 unspecified atom stereocenters. The van der Waals surface area contributed by atoms with Crippen molar-refractivity contribution >= 4 is 33.0 Å². The van der Waals surface area contributed by atoms with Crippen LogP contribution in [-0.2, 0) is 10.0 Å². The van der Waals surface area contributed by atoms with Crippen molar-refractivity contribution in [2.45, 2.75) is 65.7 Å². The molecule has 11 heteroatoms. The second kappa shape index (κ2) is 24.6. The Morgan fingerprint density at radius 2 is 1.50 bits per heavy atom. The smallest absolute Gasteiger partial charge is 0.255 e. The summed E-state index contributed by atoms with van der Waals surface area (Å²) in [6.45, 7) is 17.8. The average molecular weight is 730 g/mol. The van der Waals surface area contributed by atoms with Crippen molar-refractivity contribution in [1.82, 2.24) is 0 Å². The maximum absolute atomic E-state index is 12.9. The number of carbonyl (C=O) groups excluding carboxylic acids is 1. The van der Waals surface area contributed by atoms with E-state index in [-0.39, 0.29) is 16.7 Å². The quantitative estimate of drug-likeness (QED) is 0.0602. The fourth-order valence-electron chi connectivity index (χ4n) is 4.37. The second-order valence-corrected chi connectivity index (χ2v) is 12.6. The number of sulfonamides is 1. The van der Waals surface area contributed by atoms with Gasteiger partial charge in [0.15, 0.2) is 7.05 Å². The van der Waals surface area contributed by atoms with Gasteiger partial charge in [0, 0.05) is 33.1 Å². The van der Waals surface area contributed by atoms with Gasteiger partial charge in [-0.1, -0.05) is 113 Å². The molecule has 0 aliphatic carbocycles. The molecular formula is C41H55N5O5S. The van der Waals surface area contributed by atoms with Crippen molar-refractivity contribution in [1.29, 1.82) is 0 Å². The first-order valence-electron chi connectivity index (χ1n) is 16.8. The predicted octanol–water partition coefficient (Wildman–Crippen LogP) is 9.33. The number of nitrogen functional groups attached to an aromatic ring is 1. The van der Waals surface area contributed by atoms with Crippen LogP contribution in [0.2, 0.25) is 0 Å². The number of aryl methyl sites for hydroxylation is 1. The highest BCUT2D eigenvalue weighted by Gasteiger charge is 2.17. The highest BCUT2D eigenvalue weighted by Crippen LogP contribution is 2.29. The molecule has 1 amide bonds. The summed E-state index contributed by atoms with van der Waals surface area (Å²) in [5, 5.41) is 17.0. The molecule has 52 heavy (non-hydrogen) atoms. The third-order valence-electron chi connectivity index (χ3n) is 7.00. The van der Waals surface area contributed by atoms with E-state index in [0.29, 0.717) is 33.8 Å². The third kappa shape index (κ3) is 17.4. The molecule has 7 N–H and O–H groups in total.